The summed E-state index contributed by atoms with van der Waals surface area (Å²) in [5.41, 5.74) is 1.92. The number of carbonyl (C=O) groups excluding carboxylic acids is 1. The Labute approximate surface area is 162 Å². The second-order valence-electron chi connectivity index (χ2n) is 7.56. The van der Waals surface area contributed by atoms with Crippen LogP contribution in [-0.2, 0) is 14.4 Å². The first-order chi connectivity index (χ1) is 13.3. The second kappa shape index (κ2) is 8.02. The standard InChI is InChI=1S/C20H25N3O5/c1-11(2)18(24)22-13-5-6-16-14(8-13)15(9-21-16)17(20(27)28)23-7-3-4-12(10-23)19(25)26/h5-6,8-9,11-12,17,21H,3-4,7,10H2,1-2H3,(H,22,24)(H,25,26)(H,27,28). The van der Waals surface area contributed by atoms with E-state index in [-0.39, 0.29) is 18.4 Å². The SMILES string of the molecule is CC(C)C(=O)Nc1ccc2[nH]cc(C(C(=O)O)N3CCCC(C(=O)O)C3)c2c1. The Morgan fingerprint density at radius 1 is 1.25 bits per heavy atom. The molecule has 2 unspecified atom stereocenters. The molecule has 0 radical (unpaired) electrons. The Bertz CT molecular complexity index is 904. The zero-order chi connectivity index (χ0) is 20.4. The molecule has 0 bridgehead atoms. The van der Waals surface area contributed by atoms with Gasteiger partial charge in [-0.3, -0.25) is 19.3 Å². The molecule has 8 heteroatoms. The molecule has 3 rings (SSSR count). The fraction of sp³-hybridized carbons (Fsp3) is 0.450. The van der Waals surface area contributed by atoms with Crippen LogP contribution < -0.4 is 5.32 Å². The van der Waals surface area contributed by atoms with Crippen LogP contribution in [0.4, 0.5) is 5.69 Å². The number of carbonyl (C=O) groups is 3. The van der Waals surface area contributed by atoms with E-state index in [2.05, 4.69) is 10.3 Å². The molecule has 1 aliphatic heterocycles. The molecule has 1 aliphatic rings. The van der Waals surface area contributed by atoms with Gasteiger partial charge in [-0.05, 0) is 37.6 Å². The lowest BCUT2D eigenvalue weighted by Crippen LogP contribution is -2.43. The number of nitrogens with zero attached hydrogens (tertiary/aromatic N) is 1. The summed E-state index contributed by atoms with van der Waals surface area (Å²) in [4.78, 5) is 40.2. The molecular weight excluding hydrogens is 362 g/mol. The highest BCUT2D eigenvalue weighted by Crippen LogP contribution is 2.33. The highest BCUT2D eigenvalue weighted by atomic mass is 16.4. The number of aromatic nitrogens is 1. The van der Waals surface area contributed by atoms with Crippen molar-refractivity contribution >= 4 is 34.4 Å². The average molecular weight is 387 g/mol. The van der Waals surface area contributed by atoms with Crippen LogP contribution in [0.5, 0.6) is 0 Å². The molecule has 4 N–H and O–H groups in total. The zero-order valence-corrected chi connectivity index (χ0v) is 15.9. The Morgan fingerprint density at radius 3 is 2.64 bits per heavy atom. The van der Waals surface area contributed by atoms with Gasteiger partial charge in [0.05, 0.1) is 5.92 Å². The minimum absolute atomic E-state index is 0.119. The molecule has 1 amide bonds. The number of nitrogens with one attached hydrogen (secondary N) is 2. The largest absolute Gasteiger partial charge is 0.481 e. The van der Waals surface area contributed by atoms with E-state index in [1.165, 1.54) is 0 Å². The molecule has 2 aromatic rings. The zero-order valence-electron chi connectivity index (χ0n) is 15.9. The first-order valence-corrected chi connectivity index (χ1v) is 9.39. The minimum Gasteiger partial charge on any atom is -0.481 e. The highest BCUT2D eigenvalue weighted by Gasteiger charge is 2.35. The lowest BCUT2D eigenvalue weighted by molar-refractivity contribution is -0.149. The first kappa shape index (κ1) is 19.9. The third-order valence-corrected chi connectivity index (χ3v) is 5.20. The molecule has 1 aromatic heterocycles. The Kier molecular flexibility index (Phi) is 5.69. The van der Waals surface area contributed by atoms with E-state index in [0.717, 1.165) is 5.52 Å². The van der Waals surface area contributed by atoms with Gasteiger partial charge in [0.1, 0.15) is 6.04 Å². The van der Waals surface area contributed by atoms with Gasteiger partial charge < -0.3 is 20.5 Å². The Balaban J connectivity index is 1.95. The van der Waals surface area contributed by atoms with E-state index in [1.54, 1.807) is 43.1 Å². The van der Waals surface area contributed by atoms with Crippen LogP contribution in [0.15, 0.2) is 24.4 Å². The van der Waals surface area contributed by atoms with Gasteiger partial charge in [-0.1, -0.05) is 13.8 Å². The molecule has 0 saturated carbocycles. The number of hydrogen-bond acceptors (Lipinski definition) is 4. The van der Waals surface area contributed by atoms with E-state index < -0.39 is 23.9 Å². The van der Waals surface area contributed by atoms with Crippen molar-refractivity contribution in [3.05, 3.63) is 30.0 Å². The third kappa shape index (κ3) is 4.01. The molecule has 2 atom stereocenters. The molecule has 0 aliphatic carbocycles. The van der Waals surface area contributed by atoms with Gasteiger partial charge in [-0.15, -0.1) is 0 Å². The number of anilines is 1. The smallest absolute Gasteiger partial charge is 0.325 e. The van der Waals surface area contributed by atoms with E-state index in [4.69, 9.17) is 0 Å². The van der Waals surface area contributed by atoms with Crippen molar-refractivity contribution < 1.29 is 24.6 Å². The summed E-state index contributed by atoms with van der Waals surface area (Å²) in [5.74, 6) is -2.78. The maximum absolute atomic E-state index is 12.1. The third-order valence-electron chi connectivity index (χ3n) is 5.20. The molecule has 150 valence electrons. The van der Waals surface area contributed by atoms with Gasteiger partial charge in [0.25, 0.3) is 0 Å². The van der Waals surface area contributed by atoms with Crippen molar-refractivity contribution in [2.24, 2.45) is 11.8 Å². The maximum Gasteiger partial charge on any atom is 0.325 e. The number of rotatable bonds is 6. The van der Waals surface area contributed by atoms with Crippen LogP contribution in [0, 0.1) is 11.8 Å². The van der Waals surface area contributed by atoms with Crippen molar-refractivity contribution in [1.82, 2.24) is 9.88 Å². The molecule has 0 spiro atoms. The van der Waals surface area contributed by atoms with Crippen molar-refractivity contribution in [3.8, 4) is 0 Å². The fourth-order valence-corrected chi connectivity index (χ4v) is 3.66. The summed E-state index contributed by atoms with van der Waals surface area (Å²) in [6, 6.07) is 4.37. The average Bonchev–Trinajstić information content (AvgIpc) is 3.04. The minimum atomic E-state index is -1.02. The summed E-state index contributed by atoms with van der Waals surface area (Å²) >= 11 is 0. The lowest BCUT2D eigenvalue weighted by atomic mass is 9.94. The molecule has 2 heterocycles. The number of piperidine rings is 1. The Morgan fingerprint density at radius 2 is 2.00 bits per heavy atom. The summed E-state index contributed by atoms with van der Waals surface area (Å²) < 4.78 is 0. The van der Waals surface area contributed by atoms with Crippen molar-refractivity contribution in [2.75, 3.05) is 18.4 Å². The van der Waals surface area contributed by atoms with Crippen LogP contribution in [0.3, 0.4) is 0 Å². The van der Waals surface area contributed by atoms with Crippen LogP contribution >= 0.6 is 0 Å². The fourth-order valence-electron chi connectivity index (χ4n) is 3.66. The number of hydrogen-bond donors (Lipinski definition) is 4. The molecule has 8 nitrogen and oxygen atoms in total. The number of benzene rings is 1. The molecule has 1 saturated heterocycles. The number of H-pyrrole nitrogens is 1. The van der Waals surface area contributed by atoms with Crippen molar-refractivity contribution in [1.29, 1.82) is 0 Å². The molecule has 1 fully saturated rings. The number of carboxylic acid groups (broad SMARTS) is 2. The van der Waals surface area contributed by atoms with Gasteiger partial charge in [0.15, 0.2) is 0 Å². The molecule has 1 aromatic carbocycles. The number of aromatic amines is 1. The van der Waals surface area contributed by atoms with Crippen LogP contribution in [0.1, 0.15) is 38.3 Å². The van der Waals surface area contributed by atoms with Gasteiger partial charge in [0.2, 0.25) is 5.91 Å². The Hall–Kier alpha value is -2.87. The van der Waals surface area contributed by atoms with Gasteiger partial charge in [-0.2, -0.15) is 0 Å². The first-order valence-electron chi connectivity index (χ1n) is 9.39. The van der Waals surface area contributed by atoms with E-state index in [1.807, 2.05) is 0 Å². The van der Waals surface area contributed by atoms with E-state index >= 15 is 0 Å². The van der Waals surface area contributed by atoms with Crippen LogP contribution in [0.2, 0.25) is 0 Å². The van der Waals surface area contributed by atoms with Gasteiger partial charge in [0, 0.05) is 40.8 Å². The highest BCUT2D eigenvalue weighted by molar-refractivity contribution is 5.96. The summed E-state index contributed by atoms with van der Waals surface area (Å²) in [6.45, 7) is 4.32. The van der Waals surface area contributed by atoms with Crippen LogP contribution in [0.25, 0.3) is 10.9 Å². The monoisotopic (exact) mass is 387 g/mol. The summed E-state index contributed by atoms with van der Waals surface area (Å²) in [5, 5.41) is 22.7. The summed E-state index contributed by atoms with van der Waals surface area (Å²) in [6.07, 6.45) is 2.85. The van der Waals surface area contributed by atoms with E-state index in [9.17, 15) is 24.6 Å². The number of fused-ring (bicyclic) bond motifs is 1. The predicted molar refractivity (Wildman–Crippen MR) is 104 cm³/mol. The topological polar surface area (TPSA) is 123 Å². The van der Waals surface area contributed by atoms with Crippen molar-refractivity contribution in [3.63, 3.8) is 0 Å². The molecular formula is C20H25N3O5. The quantitative estimate of drug-likeness (QED) is 0.604. The normalized spacial score (nSPS) is 18.9. The van der Waals surface area contributed by atoms with E-state index in [0.29, 0.717) is 36.0 Å². The van der Waals surface area contributed by atoms with Crippen LogP contribution in [-0.4, -0.2) is 51.0 Å². The maximum atomic E-state index is 12.1. The predicted octanol–water partition coefficient (Wildman–Crippen LogP) is 2.68. The second-order valence-corrected chi connectivity index (χ2v) is 7.56. The molecule has 28 heavy (non-hydrogen) atoms. The lowest BCUT2D eigenvalue weighted by Gasteiger charge is -2.34. The van der Waals surface area contributed by atoms with Gasteiger partial charge >= 0.3 is 11.9 Å². The van der Waals surface area contributed by atoms with Gasteiger partial charge in [-0.25, -0.2) is 0 Å². The number of amides is 1. The number of aliphatic carboxylic acids is 2. The summed E-state index contributed by atoms with van der Waals surface area (Å²) in [7, 11) is 0. The van der Waals surface area contributed by atoms with Crippen molar-refractivity contribution in [2.45, 2.75) is 32.7 Å². The number of likely N-dealkylation sites (tertiary alicyclic amines) is 1. The number of carboxylic acids is 2.